The molecule has 0 aliphatic rings. The van der Waals surface area contributed by atoms with Gasteiger partial charge in [-0.1, -0.05) is 17.7 Å². The molecule has 2 aromatic carbocycles. The quantitative estimate of drug-likeness (QED) is 0.828. The van der Waals surface area contributed by atoms with Crippen molar-refractivity contribution in [2.24, 2.45) is 0 Å². The first-order chi connectivity index (χ1) is 11.9. The summed E-state index contributed by atoms with van der Waals surface area (Å²) in [6.45, 7) is 1.53. The average Bonchev–Trinajstić information content (AvgIpc) is 2.61. The number of amides is 1. The second kappa shape index (κ2) is 8.18. The van der Waals surface area contributed by atoms with Crippen molar-refractivity contribution in [2.45, 2.75) is 6.92 Å². The van der Waals surface area contributed by atoms with Crippen LogP contribution in [0.1, 0.15) is 21.5 Å². The highest BCUT2D eigenvalue weighted by Gasteiger charge is 2.11. The van der Waals surface area contributed by atoms with Crippen molar-refractivity contribution in [3.63, 3.8) is 0 Å². The molecule has 0 fully saturated rings. The summed E-state index contributed by atoms with van der Waals surface area (Å²) < 4.78 is 10.0. The molecule has 0 radical (unpaired) electrons. The van der Waals surface area contributed by atoms with Gasteiger partial charge in [-0.2, -0.15) is 5.26 Å². The maximum absolute atomic E-state index is 12.1. The molecule has 128 valence electrons. The molecule has 0 atom stereocenters. The number of esters is 1. The summed E-state index contributed by atoms with van der Waals surface area (Å²) in [5.41, 5.74) is 2.01. The van der Waals surface area contributed by atoms with E-state index >= 15 is 0 Å². The fourth-order valence-electron chi connectivity index (χ4n) is 2.02. The third-order valence-electron chi connectivity index (χ3n) is 3.35. The lowest BCUT2D eigenvalue weighted by molar-refractivity contribution is -0.118. The smallest absolute Gasteiger partial charge is 0.337 e. The maximum atomic E-state index is 12.1. The van der Waals surface area contributed by atoms with Crippen molar-refractivity contribution >= 4 is 29.2 Å². The van der Waals surface area contributed by atoms with Crippen LogP contribution in [-0.2, 0) is 9.53 Å². The maximum Gasteiger partial charge on any atom is 0.337 e. The third kappa shape index (κ3) is 4.72. The molecular formula is C18H15ClN2O4. The monoisotopic (exact) mass is 358 g/mol. The summed E-state index contributed by atoms with van der Waals surface area (Å²) in [7, 11) is 1.29. The lowest BCUT2D eigenvalue weighted by atomic mass is 10.1. The van der Waals surface area contributed by atoms with Gasteiger partial charge < -0.3 is 14.8 Å². The Kier molecular flexibility index (Phi) is 5.98. The van der Waals surface area contributed by atoms with E-state index in [-0.39, 0.29) is 11.6 Å². The number of aryl methyl sites for hydroxylation is 1. The summed E-state index contributed by atoms with van der Waals surface area (Å²) in [6, 6.07) is 11.3. The summed E-state index contributed by atoms with van der Waals surface area (Å²) in [4.78, 5) is 23.6. The predicted molar refractivity (Wildman–Crippen MR) is 92.8 cm³/mol. The largest absolute Gasteiger partial charge is 0.482 e. The van der Waals surface area contributed by atoms with Crippen molar-refractivity contribution in [2.75, 3.05) is 19.0 Å². The Morgan fingerprint density at radius 3 is 2.64 bits per heavy atom. The number of nitriles is 1. The number of halogens is 1. The van der Waals surface area contributed by atoms with Gasteiger partial charge in [0.1, 0.15) is 5.75 Å². The van der Waals surface area contributed by atoms with E-state index in [1.165, 1.54) is 25.3 Å². The molecule has 0 bridgehead atoms. The zero-order valence-electron chi connectivity index (χ0n) is 13.6. The fraction of sp³-hybridized carbons (Fsp3) is 0.167. The molecule has 6 nitrogen and oxygen atoms in total. The number of hydrogen-bond donors (Lipinski definition) is 1. The molecule has 1 amide bonds. The van der Waals surface area contributed by atoms with Crippen LogP contribution in [0, 0.1) is 18.3 Å². The molecule has 0 saturated heterocycles. The highest BCUT2D eigenvalue weighted by Crippen LogP contribution is 2.25. The number of carbonyl (C=O) groups excluding carboxylic acids is 2. The number of methoxy groups -OCH3 is 1. The second-order valence-corrected chi connectivity index (χ2v) is 5.52. The van der Waals surface area contributed by atoms with Gasteiger partial charge in [-0.25, -0.2) is 4.79 Å². The normalized spacial score (nSPS) is 9.84. The van der Waals surface area contributed by atoms with Crippen LogP contribution in [0.4, 0.5) is 5.69 Å². The Hall–Kier alpha value is -3.04. The van der Waals surface area contributed by atoms with E-state index in [4.69, 9.17) is 21.6 Å². The van der Waals surface area contributed by atoms with Gasteiger partial charge in [-0.3, -0.25) is 4.79 Å². The van der Waals surface area contributed by atoms with Crippen LogP contribution in [0.25, 0.3) is 0 Å². The molecule has 0 spiro atoms. The number of rotatable bonds is 5. The van der Waals surface area contributed by atoms with Gasteiger partial charge in [0.2, 0.25) is 0 Å². The van der Waals surface area contributed by atoms with E-state index < -0.39 is 11.9 Å². The molecule has 0 aromatic heterocycles. The summed E-state index contributed by atoms with van der Waals surface area (Å²) >= 11 is 5.99. The first-order valence-electron chi connectivity index (χ1n) is 7.26. The molecule has 0 aliphatic heterocycles. The minimum absolute atomic E-state index is 0.246. The molecule has 0 aliphatic carbocycles. The summed E-state index contributed by atoms with van der Waals surface area (Å²) in [5, 5.41) is 11.7. The van der Waals surface area contributed by atoms with E-state index in [2.05, 4.69) is 10.1 Å². The SMILES string of the molecule is COC(=O)c1ccc(C)c(NC(=O)COc2ccc(C#N)cc2Cl)c1. The van der Waals surface area contributed by atoms with Crippen LogP contribution >= 0.6 is 11.6 Å². The average molecular weight is 359 g/mol. The van der Waals surface area contributed by atoms with Crippen LogP contribution in [0.5, 0.6) is 5.75 Å². The zero-order chi connectivity index (χ0) is 18.4. The highest BCUT2D eigenvalue weighted by molar-refractivity contribution is 6.32. The molecule has 0 unspecified atom stereocenters. The highest BCUT2D eigenvalue weighted by atomic mass is 35.5. The Labute approximate surface area is 149 Å². The molecule has 0 heterocycles. The van der Waals surface area contributed by atoms with Crippen molar-refractivity contribution in [1.29, 1.82) is 5.26 Å². The van der Waals surface area contributed by atoms with Gasteiger partial charge in [0.15, 0.2) is 6.61 Å². The van der Waals surface area contributed by atoms with Crippen LogP contribution < -0.4 is 10.1 Å². The van der Waals surface area contributed by atoms with E-state index in [0.29, 0.717) is 22.6 Å². The zero-order valence-corrected chi connectivity index (χ0v) is 14.4. The van der Waals surface area contributed by atoms with Crippen LogP contribution in [0.2, 0.25) is 5.02 Å². The fourth-order valence-corrected chi connectivity index (χ4v) is 2.25. The molecule has 1 N–H and O–H groups in total. The van der Waals surface area contributed by atoms with Crippen LogP contribution in [0.3, 0.4) is 0 Å². The summed E-state index contributed by atoms with van der Waals surface area (Å²) in [5.74, 6) is -0.600. The number of benzene rings is 2. The van der Waals surface area contributed by atoms with Crippen molar-refractivity contribution in [3.05, 3.63) is 58.1 Å². The lowest BCUT2D eigenvalue weighted by Gasteiger charge is -2.11. The van der Waals surface area contributed by atoms with Gasteiger partial charge in [0.05, 0.1) is 29.3 Å². The van der Waals surface area contributed by atoms with Crippen molar-refractivity contribution in [3.8, 4) is 11.8 Å². The number of nitrogens with zero attached hydrogens (tertiary/aromatic N) is 1. The number of ether oxygens (including phenoxy) is 2. The summed E-state index contributed by atoms with van der Waals surface area (Å²) in [6.07, 6.45) is 0. The molecule has 7 heteroatoms. The van der Waals surface area contributed by atoms with Gasteiger partial charge >= 0.3 is 5.97 Å². The van der Waals surface area contributed by atoms with E-state index in [1.54, 1.807) is 25.1 Å². The third-order valence-corrected chi connectivity index (χ3v) is 3.65. The van der Waals surface area contributed by atoms with Crippen molar-refractivity contribution in [1.82, 2.24) is 0 Å². The first kappa shape index (κ1) is 18.3. The Balaban J connectivity index is 2.03. The van der Waals surface area contributed by atoms with E-state index in [0.717, 1.165) is 5.56 Å². The van der Waals surface area contributed by atoms with Gasteiger partial charge in [0, 0.05) is 5.69 Å². The minimum Gasteiger partial charge on any atom is -0.482 e. The topological polar surface area (TPSA) is 88.4 Å². The number of hydrogen-bond acceptors (Lipinski definition) is 5. The van der Waals surface area contributed by atoms with Crippen LogP contribution in [0.15, 0.2) is 36.4 Å². The molecule has 0 saturated carbocycles. The van der Waals surface area contributed by atoms with Crippen molar-refractivity contribution < 1.29 is 19.1 Å². The Morgan fingerprint density at radius 2 is 2.00 bits per heavy atom. The second-order valence-electron chi connectivity index (χ2n) is 5.12. The standard InChI is InChI=1S/C18H15ClN2O4/c1-11-3-5-13(18(23)24-2)8-15(11)21-17(22)10-25-16-6-4-12(9-20)7-14(16)19/h3-8H,10H2,1-2H3,(H,21,22). The molecule has 2 rings (SSSR count). The number of carbonyl (C=O) groups is 2. The van der Waals surface area contributed by atoms with Gasteiger partial charge in [-0.05, 0) is 42.8 Å². The minimum atomic E-state index is -0.490. The molecule has 25 heavy (non-hydrogen) atoms. The van der Waals surface area contributed by atoms with E-state index in [9.17, 15) is 9.59 Å². The number of nitrogens with one attached hydrogen (secondary N) is 1. The molecule has 2 aromatic rings. The Morgan fingerprint density at radius 1 is 1.24 bits per heavy atom. The number of anilines is 1. The van der Waals surface area contributed by atoms with Gasteiger partial charge in [-0.15, -0.1) is 0 Å². The van der Waals surface area contributed by atoms with Gasteiger partial charge in [0.25, 0.3) is 5.91 Å². The lowest BCUT2D eigenvalue weighted by Crippen LogP contribution is -2.21. The predicted octanol–water partition coefficient (Wildman–Crippen LogP) is 3.32. The van der Waals surface area contributed by atoms with E-state index in [1.807, 2.05) is 6.07 Å². The van der Waals surface area contributed by atoms with Crippen LogP contribution in [-0.4, -0.2) is 25.6 Å². The Bertz CT molecular complexity index is 859. The molecular weight excluding hydrogens is 344 g/mol. The first-order valence-corrected chi connectivity index (χ1v) is 7.63.